The highest BCUT2D eigenvalue weighted by atomic mass is 32.2. The molecule has 1 N–H and O–H groups in total. The van der Waals surface area contributed by atoms with E-state index in [1.54, 1.807) is 23.6 Å². The third-order valence-electron chi connectivity index (χ3n) is 3.47. The maximum Gasteiger partial charge on any atom is 0.317 e. The first-order chi connectivity index (χ1) is 11.8. The summed E-state index contributed by atoms with van der Waals surface area (Å²) in [5.74, 6) is 0.962. The molecular weight excluding hydrogens is 344 g/mol. The molecule has 2 rings (SSSR count). The molecule has 0 aliphatic heterocycles. The van der Waals surface area contributed by atoms with Gasteiger partial charge in [-0.25, -0.2) is 13.1 Å². The van der Waals surface area contributed by atoms with E-state index in [1.807, 2.05) is 20.8 Å². The van der Waals surface area contributed by atoms with Crippen LogP contribution in [-0.2, 0) is 16.6 Å². The molecule has 0 amide bonds. The van der Waals surface area contributed by atoms with Gasteiger partial charge in [0.1, 0.15) is 5.75 Å². The van der Waals surface area contributed by atoms with Crippen molar-refractivity contribution in [3.63, 3.8) is 0 Å². The van der Waals surface area contributed by atoms with Crippen LogP contribution in [0.2, 0.25) is 0 Å². The standard InChI is InChI=1S/C16H24N4O4S/c1-6-20-15(17-18-16(20)24-11(2)3)12(4)19-25(21,22)14-9-7-8-13(10-14)23-5/h7-12,19H,6H2,1-5H3/t12-/m1/s1. The molecule has 0 aliphatic carbocycles. The van der Waals surface area contributed by atoms with Crippen molar-refractivity contribution in [1.29, 1.82) is 0 Å². The minimum Gasteiger partial charge on any atom is -0.497 e. The van der Waals surface area contributed by atoms with E-state index in [2.05, 4.69) is 14.9 Å². The molecule has 25 heavy (non-hydrogen) atoms. The maximum absolute atomic E-state index is 12.6. The second-order valence-electron chi connectivity index (χ2n) is 5.77. The third-order valence-corrected chi connectivity index (χ3v) is 5.01. The van der Waals surface area contributed by atoms with Crippen molar-refractivity contribution in [2.45, 2.75) is 51.3 Å². The Morgan fingerprint density at radius 2 is 1.96 bits per heavy atom. The first-order valence-corrected chi connectivity index (χ1v) is 9.53. The van der Waals surface area contributed by atoms with Crippen molar-refractivity contribution in [2.75, 3.05) is 7.11 Å². The molecule has 9 heteroatoms. The van der Waals surface area contributed by atoms with Crippen LogP contribution >= 0.6 is 0 Å². The number of ether oxygens (including phenoxy) is 2. The second-order valence-corrected chi connectivity index (χ2v) is 7.49. The van der Waals surface area contributed by atoms with Gasteiger partial charge >= 0.3 is 6.01 Å². The lowest BCUT2D eigenvalue weighted by Gasteiger charge is -2.16. The molecule has 8 nitrogen and oxygen atoms in total. The van der Waals surface area contributed by atoms with Crippen LogP contribution in [0.5, 0.6) is 11.8 Å². The summed E-state index contributed by atoms with van der Waals surface area (Å²) >= 11 is 0. The van der Waals surface area contributed by atoms with Gasteiger partial charge in [0.2, 0.25) is 10.0 Å². The number of nitrogens with one attached hydrogen (secondary N) is 1. The second kappa shape index (κ2) is 7.83. The Kier molecular flexibility index (Phi) is 6.02. The predicted octanol–water partition coefficient (Wildman–Crippen LogP) is 2.13. The molecule has 0 unspecified atom stereocenters. The topological polar surface area (TPSA) is 95.3 Å². The van der Waals surface area contributed by atoms with Gasteiger partial charge in [-0.2, -0.15) is 0 Å². The Morgan fingerprint density at radius 1 is 1.24 bits per heavy atom. The number of methoxy groups -OCH3 is 1. The highest BCUT2D eigenvalue weighted by molar-refractivity contribution is 7.89. The fourth-order valence-electron chi connectivity index (χ4n) is 2.34. The molecular formula is C16H24N4O4S. The summed E-state index contributed by atoms with van der Waals surface area (Å²) in [5, 5.41) is 8.10. The lowest BCUT2D eigenvalue weighted by atomic mass is 10.3. The largest absolute Gasteiger partial charge is 0.497 e. The molecule has 0 saturated heterocycles. The van der Waals surface area contributed by atoms with Gasteiger partial charge in [-0.15, -0.1) is 5.10 Å². The maximum atomic E-state index is 12.6. The smallest absolute Gasteiger partial charge is 0.317 e. The monoisotopic (exact) mass is 368 g/mol. The summed E-state index contributed by atoms with van der Waals surface area (Å²) in [7, 11) is -2.24. The van der Waals surface area contributed by atoms with Crippen LogP contribution in [0.4, 0.5) is 0 Å². The van der Waals surface area contributed by atoms with Crippen molar-refractivity contribution in [3.8, 4) is 11.8 Å². The van der Waals surface area contributed by atoms with Gasteiger partial charge in [0, 0.05) is 12.6 Å². The SMILES string of the molecule is CCn1c(OC(C)C)nnc1[C@@H](C)NS(=O)(=O)c1cccc(OC)c1. The zero-order valence-corrected chi connectivity index (χ0v) is 15.9. The third kappa shape index (κ3) is 4.49. The van der Waals surface area contributed by atoms with Gasteiger partial charge in [-0.1, -0.05) is 11.2 Å². The number of rotatable bonds is 8. The highest BCUT2D eigenvalue weighted by Crippen LogP contribution is 2.22. The molecule has 1 atom stereocenters. The summed E-state index contributed by atoms with van der Waals surface area (Å²) in [6, 6.07) is 6.09. The van der Waals surface area contributed by atoms with E-state index in [-0.39, 0.29) is 11.0 Å². The Morgan fingerprint density at radius 3 is 2.56 bits per heavy atom. The van der Waals surface area contributed by atoms with Crippen molar-refractivity contribution in [3.05, 3.63) is 30.1 Å². The van der Waals surface area contributed by atoms with E-state index in [9.17, 15) is 8.42 Å². The molecule has 0 radical (unpaired) electrons. The first-order valence-electron chi connectivity index (χ1n) is 8.04. The Hall–Kier alpha value is -2.13. The number of hydrogen-bond donors (Lipinski definition) is 1. The Bertz CT molecular complexity index is 817. The van der Waals surface area contributed by atoms with Gasteiger partial charge in [0.05, 0.1) is 24.2 Å². The average molecular weight is 368 g/mol. The lowest BCUT2D eigenvalue weighted by Crippen LogP contribution is -2.29. The Labute approximate surface area is 148 Å². The van der Waals surface area contributed by atoms with Crippen LogP contribution in [-0.4, -0.2) is 36.4 Å². The molecule has 0 aliphatic rings. The molecule has 0 bridgehead atoms. The summed E-state index contributed by atoms with van der Waals surface area (Å²) in [4.78, 5) is 0.125. The number of aromatic nitrogens is 3. The van der Waals surface area contributed by atoms with E-state index in [4.69, 9.17) is 9.47 Å². The summed E-state index contributed by atoms with van der Waals surface area (Å²) in [6.45, 7) is 7.98. The van der Waals surface area contributed by atoms with Gasteiger partial charge in [0.15, 0.2) is 5.82 Å². The quantitative estimate of drug-likeness (QED) is 0.767. The van der Waals surface area contributed by atoms with Crippen LogP contribution in [0, 0.1) is 0 Å². The van der Waals surface area contributed by atoms with Crippen molar-refractivity contribution in [2.24, 2.45) is 0 Å². The predicted molar refractivity (Wildman–Crippen MR) is 93.2 cm³/mol. The molecule has 0 saturated carbocycles. The molecule has 0 spiro atoms. The van der Waals surface area contributed by atoms with E-state index < -0.39 is 16.1 Å². The molecule has 1 heterocycles. The summed E-state index contributed by atoms with van der Waals surface area (Å²) in [5.41, 5.74) is 0. The molecule has 2 aromatic rings. The lowest BCUT2D eigenvalue weighted by molar-refractivity contribution is 0.211. The van der Waals surface area contributed by atoms with Crippen molar-refractivity contribution in [1.82, 2.24) is 19.5 Å². The van der Waals surface area contributed by atoms with E-state index in [0.717, 1.165) is 0 Å². The van der Waals surface area contributed by atoms with E-state index in [0.29, 0.717) is 24.1 Å². The van der Waals surface area contributed by atoms with Gasteiger partial charge < -0.3 is 9.47 Å². The van der Waals surface area contributed by atoms with Gasteiger partial charge in [-0.3, -0.25) is 4.57 Å². The van der Waals surface area contributed by atoms with Gasteiger partial charge in [-0.05, 0) is 39.8 Å². The first kappa shape index (κ1) is 19.2. The van der Waals surface area contributed by atoms with Gasteiger partial charge in [0.25, 0.3) is 0 Å². The number of sulfonamides is 1. The van der Waals surface area contributed by atoms with Crippen LogP contribution in [0.25, 0.3) is 0 Å². The number of nitrogens with zero attached hydrogens (tertiary/aromatic N) is 3. The van der Waals surface area contributed by atoms with Crippen molar-refractivity contribution < 1.29 is 17.9 Å². The number of benzene rings is 1. The van der Waals surface area contributed by atoms with Crippen LogP contribution in [0.3, 0.4) is 0 Å². The highest BCUT2D eigenvalue weighted by Gasteiger charge is 2.24. The molecule has 1 aromatic heterocycles. The van der Waals surface area contributed by atoms with Crippen LogP contribution < -0.4 is 14.2 Å². The van der Waals surface area contributed by atoms with Crippen molar-refractivity contribution >= 4 is 10.0 Å². The zero-order chi connectivity index (χ0) is 18.6. The van der Waals surface area contributed by atoms with E-state index in [1.165, 1.54) is 19.2 Å². The fourth-order valence-corrected chi connectivity index (χ4v) is 3.57. The summed E-state index contributed by atoms with van der Waals surface area (Å²) in [6.07, 6.45) is -0.0499. The minimum atomic E-state index is -3.73. The molecule has 0 fully saturated rings. The number of hydrogen-bond acceptors (Lipinski definition) is 6. The Balaban J connectivity index is 2.26. The fraction of sp³-hybridized carbons (Fsp3) is 0.500. The van der Waals surface area contributed by atoms with Crippen LogP contribution in [0.1, 0.15) is 39.6 Å². The van der Waals surface area contributed by atoms with Crippen LogP contribution in [0.15, 0.2) is 29.2 Å². The molecule has 138 valence electrons. The average Bonchev–Trinajstić information content (AvgIpc) is 2.96. The zero-order valence-electron chi connectivity index (χ0n) is 15.1. The minimum absolute atomic E-state index is 0.0499. The summed E-state index contributed by atoms with van der Waals surface area (Å²) < 4.78 is 40.3. The van der Waals surface area contributed by atoms with E-state index >= 15 is 0 Å². The molecule has 1 aromatic carbocycles. The normalized spacial score (nSPS) is 13.0.